The zero-order valence-corrected chi connectivity index (χ0v) is 25.3. The molecule has 7 rings (SSSR count). The number of nitrogens with one attached hydrogen (secondary N) is 1. The maximum Gasteiger partial charge on any atom is 0.318 e. The molecule has 2 saturated heterocycles. The van der Waals surface area contributed by atoms with Crippen molar-refractivity contribution in [3.05, 3.63) is 78.0 Å². The van der Waals surface area contributed by atoms with Crippen LogP contribution < -0.4 is 24.6 Å². The third-order valence-corrected chi connectivity index (χ3v) is 9.12. The van der Waals surface area contributed by atoms with E-state index >= 15 is 0 Å². The number of aromatic nitrogens is 2. The first-order chi connectivity index (χ1) is 21.6. The first-order valence-electron chi connectivity index (χ1n) is 15.7. The minimum absolute atomic E-state index is 0.120. The lowest BCUT2D eigenvalue weighted by Crippen LogP contribution is -2.51. The SMILES string of the molecule is CN1CCC[C@H]1COc1nc2c(c(N3CCNC(CC#N)C3)n1)CCN(c1cc(Oc3ccccc3)cc3ccccc13)C2. The molecule has 0 radical (unpaired) electrons. The quantitative estimate of drug-likeness (QED) is 0.300. The largest absolute Gasteiger partial charge is 0.462 e. The average molecular weight is 590 g/mol. The van der Waals surface area contributed by atoms with Gasteiger partial charge in [-0.25, -0.2) is 0 Å². The zero-order valence-electron chi connectivity index (χ0n) is 25.3. The van der Waals surface area contributed by atoms with E-state index in [1.807, 2.05) is 30.3 Å². The smallest absolute Gasteiger partial charge is 0.318 e. The molecule has 3 aliphatic rings. The molecule has 44 heavy (non-hydrogen) atoms. The van der Waals surface area contributed by atoms with Crippen LogP contribution >= 0.6 is 0 Å². The van der Waals surface area contributed by atoms with Gasteiger partial charge in [0.05, 0.1) is 24.7 Å². The van der Waals surface area contributed by atoms with Crippen LogP contribution in [0, 0.1) is 11.3 Å². The van der Waals surface area contributed by atoms with Gasteiger partial charge in [-0.05, 0) is 56.4 Å². The van der Waals surface area contributed by atoms with E-state index < -0.39 is 0 Å². The van der Waals surface area contributed by atoms with Crippen molar-refractivity contribution >= 4 is 22.3 Å². The lowest BCUT2D eigenvalue weighted by molar-refractivity contribution is 0.187. The van der Waals surface area contributed by atoms with Crippen molar-refractivity contribution in [2.75, 3.05) is 56.2 Å². The number of benzene rings is 3. The molecule has 1 aromatic heterocycles. The molecule has 3 aliphatic heterocycles. The molecule has 1 unspecified atom stereocenters. The minimum atomic E-state index is 0.120. The van der Waals surface area contributed by atoms with Crippen LogP contribution in [0.15, 0.2) is 66.7 Å². The Kier molecular flexibility index (Phi) is 8.18. The summed E-state index contributed by atoms with van der Waals surface area (Å²) in [5.41, 5.74) is 3.32. The molecule has 226 valence electrons. The number of ether oxygens (including phenoxy) is 2. The van der Waals surface area contributed by atoms with E-state index in [0.29, 0.717) is 31.6 Å². The molecule has 9 nitrogen and oxygen atoms in total. The topological polar surface area (TPSA) is 89.8 Å². The molecular formula is C35H39N7O2. The Morgan fingerprint density at radius 3 is 2.68 bits per heavy atom. The number of likely N-dealkylation sites (N-methyl/N-ethyl adjacent to an activating group) is 1. The molecular weight excluding hydrogens is 550 g/mol. The highest BCUT2D eigenvalue weighted by molar-refractivity contribution is 5.96. The predicted molar refractivity (Wildman–Crippen MR) is 173 cm³/mol. The number of piperazine rings is 1. The zero-order chi connectivity index (χ0) is 29.9. The second-order valence-electron chi connectivity index (χ2n) is 12.1. The second kappa shape index (κ2) is 12.7. The summed E-state index contributed by atoms with van der Waals surface area (Å²) >= 11 is 0. The fourth-order valence-corrected chi connectivity index (χ4v) is 6.75. The summed E-state index contributed by atoms with van der Waals surface area (Å²) in [4.78, 5) is 17.2. The van der Waals surface area contributed by atoms with E-state index in [-0.39, 0.29) is 6.04 Å². The van der Waals surface area contributed by atoms with Crippen molar-refractivity contribution < 1.29 is 9.47 Å². The van der Waals surface area contributed by atoms with Gasteiger partial charge in [-0.2, -0.15) is 15.2 Å². The van der Waals surface area contributed by atoms with Crippen LogP contribution in [0.1, 0.15) is 30.5 Å². The highest BCUT2D eigenvalue weighted by Crippen LogP contribution is 2.38. The number of hydrogen-bond acceptors (Lipinski definition) is 9. The second-order valence-corrected chi connectivity index (χ2v) is 12.1. The standard InChI is InChI=1S/C35H39N7O2/c1-40-17-7-9-27(40)24-43-35-38-32-23-41(18-14-31(32)34(39-35)42-19-16-37-26(22-42)13-15-36)33-21-29(44-28-10-3-2-4-11-28)20-25-8-5-6-12-30(25)33/h2-6,8,10-12,20-21,26-27,37H,7,9,13-14,16-19,22-24H2,1H3/t26?,27-/m0/s1. The Labute approximate surface area is 259 Å². The van der Waals surface area contributed by atoms with Crippen LogP contribution in [0.25, 0.3) is 10.8 Å². The van der Waals surface area contributed by atoms with E-state index in [2.05, 4.69) is 69.5 Å². The van der Waals surface area contributed by atoms with Crippen LogP contribution in [0.2, 0.25) is 0 Å². The molecule has 2 fully saturated rings. The molecule has 0 saturated carbocycles. The maximum absolute atomic E-state index is 9.35. The van der Waals surface area contributed by atoms with Gasteiger partial charge in [-0.3, -0.25) is 0 Å². The molecule has 4 aromatic rings. The van der Waals surface area contributed by atoms with Gasteiger partial charge in [0.2, 0.25) is 0 Å². The Morgan fingerprint density at radius 2 is 1.84 bits per heavy atom. The predicted octanol–water partition coefficient (Wildman–Crippen LogP) is 5.15. The van der Waals surface area contributed by atoms with Crippen molar-refractivity contribution in [2.45, 2.75) is 44.3 Å². The van der Waals surface area contributed by atoms with Gasteiger partial charge in [-0.1, -0.05) is 42.5 Å². The minimum Gasteiger partial charge on any atom is -0.462 e. The number of fused-ring (bicyclic) bond motifs is 2. The summed E-state index contributed by atoms with van der Waals surface area (Å²) in [6.45, 7) is 5.57. The molecule has 0 amide bonds. The Morgan fingerprint density at radius 1 is 0.977 bits per heavy atom. The van der Waals surface area contributed by atoms with Crippen molar-refractivity contribution in [1.82, 2.24) is 20.2 Å². The fourth-order valence-electron chi connectivity index (χ4n) is 6.75. The van der Waals surface area contributed by atoms with Gasteiger partial charge in [0, 0.05) is 61.0 Å². The van der Waals surface area contributed by atoms with Crippen molar-refractivity contribution in [1.29, 1.82) is 5.26 Å². The first kappa shape index (κ1) is 28.4. The molecule has 3 aromatic carbocycles. The number of rotatable bonds is 8. The summed E-state index contributed by atoms with van der Waals surface area (Å²) in [5.74, 6) is 2.59. The van der Waals surface area contributed by atoms with E-state index in [4.69, 9.17) is 19.4 Å². The Bertz CT molecular complexity index is 1660. The Balaban J connectivity index is 1.22. The molecule has 4 heterocycles. The average Bonchev–Trinajstić information content (AvgIpc) is 3.47. The summed E-state index contributed by atoms with van der Waals surface area (Å²) in [6.07, 6.45) is 3.62. The number of anilines is 2. The van der Waals surface area contributed by atoms with Crippen molar-refractivity contribution in [3.63, 3.8) is 0 Å². The van der Waals surface area contributed by atoms with Gasteiger partial charge >= 0.3 is 6.01 Å². The number of nitriles is 1. The third-order valence-electron chi connectivity index (χ3n) is 9.12. The third kappa shape index (κ3) is 6.01. The maximum atomic E-state index is 9.35. The van der Waals surface area contributed by atoms with Crippen LogP contribution in [0.5, 0.6) is 17.5 Å². The van der Waals surface area contributed by atoms with Crippen LogP contribution in [0.3, 0.4) is 0 Å². The molecule has 2 atom stereocenters. The number of para-hydroxylation sites is 1. The van der Waals surface area contributed by atoms with E-state index in [1.54, 1.807) is 0 Å². The van der Waals surface area contributed by atoms with Crippen LogP contribution in [0.4, 0.5) is 11.5 Å². The number of nitrogens with zero attached hydrogens (tertiary/aromatic N) is 6. The summed E-state index contributed by atoms with van der Waals surface area (Å²) in [7, 11) is 2.16. The number of hydrogen-bond donors (Lipinski definition) is 1. The van der Waals surface area contributed by atoms with Gasteiger partial charge in [0.15, 0.2) is 0 Å². The van der Waals surface area contributed by atoms with Gasteiger partial charge in [-0.15, -0.1) is 0 Å². The van der Waals surface area contributed by atoms with Crippen LogP contribution in [-0.2, 0) is 13.0 Å². The monoisotopic (exact) mass is 589 g/mol. The van der Waals surface area contributed by atoms with Gasteiger partial charge in [0.25, 0.3) is 0 Å². The molecule has 1 N–H and O–H groups in total. The molecule has 0 aliphatic carbocycles. The van der Waals surface area contributed by atoms with Crippen molar-refractivity contribution in [3.8, 4) is 23.6 Å². The Hall–Kier alpha value is -4.39. The number of likely N-dealkylation sites (tertiary alicyclic amines) is 1. The summed E-state index contributed by atoms with van der Waals surface area (Å²) < 4.78 is 12.6. The lowest BCUT2D eigenvalue weighted by Gasteiger charge is -2.37. The lowest BCUT2D eigenvalue weighted by atomic mass is 10.0. The summed E-state index contributed by atoms with van der Waals surface area (Å²) in [6, 6.07) is 26.0. The van der Waals surface area contributed by atoms with Crippen molar-refractivity contribution in [2.24, 2.45) is 0 Å². The molecule has 0 spiro atoms. The van der Waals surface area contributed by atoms with Gasteiger partial charge < -0.3 is 29.5 Å². The highest BCUT2D eigenvalue weighted by Gasteiger charge is 2.30. The van der Waals surface area contributed by atoms with Crippen LogP contribution in [-0.4, -0.2) is 73.3 Å². The fraction of sp³-hybridized carbons (Fsp3) is 0.400. The molecule has 0 bridgehead atoms. The summed E-state index contributed by atoms with van der Waals surface area (Å²) in [5, 5.41) is 15.2. The van der Waals surface area contributed by atoms with E-state index in [9.17, 15) is 5.26 Å². The van der Waals surface area contributed by atoms with Gasteiger partial charge in [0.1, 0.15) is 23.9 Å². The normalized spacial score (nSPS) is 20.4. The first-order valence-corrected chi connectivity index (χ1v) is 15.7. The van der Waals surface area contributed by atoms with E-state index in [1.165, 1.54) is 17.4 Å². The highest BCUT2D eigenvalue weighted by atomic mass is 16.5. The van der Waals surface area contributed by atoms with E-state index in [0.717, 1.165) is 79.6 Å². The molecule has 9 heteroatoms.